The fraction of sp³-hybridized carbons (Fsp3) is 0.682. The number of hydrogen-bond acceptors (Lipinski definition) is 6. The minimum Gasteiger partial charge on any atom is -0.490 e. The Morgan fingerprint density at radius 1 is 1.24 bits per heavy atom. The van der Waals surface area contributed by atoms with Gasteiger partial charge in [0.1, 0.15) is 18.0 Å². The molecular weight excluding hydrogens is 372 g/mol. The van der Waals surface area contributed by atoms with Gasteiger partial charge in [0.05, 0.1) is 24.8 Å². The zero-order valence-corrected chi connectivity index (χ0v) is 18.0. The van der Waals surface area contributed by atoms with Gasteiger partial charge in [-0.25, -0.2) is 4.79 Å². The molecule has 2 fully saturated rings. The normalized spacial score (nSPS) is 23.4. The smallest absolute Gasteiger partial charge is 0.410 e. The van der Waals surface area contributed by atoms with Crippen molar-refractivity contribution in [3.05, 3.63) is 24.0 Å². The van der Waals surface area contributed by atoms with Crippen molar-refractivity contribution in [2.45, 2.75) is 65.0 Å². The van der Waals surface area contributed by atoms with Crippen molar-refractivity contribution < 1.29 is 23.8 Å². The quantitative estimate of drug-likeness (QED) is 0.644. The minimum absolute atomic E-state index is 0.0256. The van der Waals surface area contributed by atoms with Crippen LogP contribution in [0.15, 0.2) is 18.5 Å². The predicted molar refractivity (Wildman–Crippen MR) is 108 cm³/mol. The summed E-state index contributed by atoms with van der Waals surface area (Å²) in [7, 11) is 0. The third kappa shape index (κ3) is 5.84. The molecule has 1 aliphatic carbocycles. The lowest BCUT2D eigenvalue weighted by molar-refractivity contribution is -0.147. The molecule has 1 aromatic rings. The number of esters is 1. The van der Waals surface area contributed by atoms with E-state index in [4.69, 9.17) is 14.2 Å². The van der Waals surface area contributed by atoms with Gasteiger partial charge in [0, 0.05) is 18.7 Å². The first-order valence-electron chi connectivity index (χ1n) is 10.4. The Bertz CT molecular complexity index is 743. The molecule has 0 bridgehead atoms. The number of carbonyl (C=O) groups is 2. The van der Waals surface area contributed by atoms with Gasteiger partial charge >= 0.3 is 12.1 Å². The second-order valence-corrected chi connectivity index (χ2v) is 9.27. The first-order chi connectivity index (χ1) is 13.6. The summed E-state index contributed by atoms with van der Waals surface area (Å²) in [5.41, 5.74) is 0.603. The van der Waals surface area contributed by atoms with E-state index < -0.39 is 5.60 Å². The van der Waals surface area contributed by atoms with E-state index in [1.54, 1.807) is 11.1 Å². The summed E-state index contributed by atoms with van der Waals surface area (Å²) in [6.45, 7) is 10.8. The van der Waals surface area contributed by atoms with Crippen LogP contribution in [0.2, 0.25) is 0 Å². The largest absolute Gasteiger partial charge is 0.490 e. The van der Waals surface area contributed by atoms with Gasteiger partial charge in [0.2, 0.25) is 0 Å². The molecule has 160 valence electrons. The summed E-state index contributed by atoms with van der Waals surface area (Å²) in [5, 5.41) is 0. The Labute approximate surface area is 172 Å². The van der Waals surface area contributed by atoms with Gasteiger partial charge in [-0.15, -0.1) is 0 Å². The second-order valence-electron chi connectivity index (χ2n) is 9.27. The molecule has 0 N–H and O–H groups in total. The summed E-state index contributed by atoms with van der Waals surface area (Å²) >= 11 is 0. The summed E-state index contributed by atoms with van der Waals surface area (Å²) in [4.78, 5) is 29.8. The number of amides is 1. The number of pyridine rings is 1. The monoisotopic (exact) mass is 404 g/mol. The molecule has 0 radical (unpaired) electrons. The second kappa shape index (κ2) is 8.59. The van der Waals surface area contributed by atoms with E-state index in [1.807, 2.05) is 46.9 Å². The van der Waals surface area contributed by atoms with Gasteiger partial charge in [0.25, 0.3) is 0 Å². The molecule has 7 heteroatoms. The van der Waals surface area contributed by atoms with E-state index in [-0.39, 0.29) is 24.0 Å². The number of carbonyl (C=O) groups excluding carboxylic acids is 2. The van der Waals surface area contributed by atoms with Crippen molar-refractivity contribution >= 4 is 12.1 Å². The molecule has 0 spiro atoms. The molecule has 1 saturated heterocycles. The fourth-order valence-electron chi connectivity index (χ4n) is 3.28. The first-order valence-corrected chi connectivity index (χ1v) is 10.4. The molecular formula is C22H32N2O5. The van der Waals surface area contributed by atoms with Gasteiger partial charge in [-0.1, -0.05) is 13.8 Å². The SMILES string of the molecule is CC(C)C(=O)OCC1CC1c1cncc(OCC2CCN2C(=O)OC(C)(C)C)c1. The zero-order valence-electron chi connectivity index (χ0n) is 18.0. The van der Waals surface area contributed by atoms with E-state index in [0.717, 1.165) is 18.4 Å². The number of nitrogens with zero attached hydrogens (tertiary/aromatic N) is 2. The lowest BCUT2D eigenvalue weighted by atomic mass is 10.1. The number of aromatic nitrogens is 1. The van der Waals surface area contributed by atoms with Gasteiger partial charge in [0.15, 0.2) is 0 Å². The lowest BCUT2D eigenvalue weighted by Crippen LogP contribution is -2.55. The maximum atomic E-state index is 12.2. The van der Waals surface area contributed by atoms with E-state index in [2.05, 4.69) is 4.98 Å². The van der Waals surface area contributed by atoms with Crippen LogP contribution in [-0.2, 0) is 14.3 Å². The maximum Gasteiger partial charge on any atom is 0.410 e. The average Bonchev–Trinajstić information content (AvgIpc) is 3.37. The Morgan fingerprint density at radius 2 is 2.00 bits per heavy atom. The molecule has 3 rings (SSSR count). The molecule has 1 saturated carbocycles. The van der Waals surface area contributed by atoms with Crippen LogP contribution in [0.4, 0.5) is 4.79 Å². The summed E-state index contributed by atoms with van der Waals surface area (Å²) in [5.74, 6) is 1.15. The topological polar surface area (TPSA) is 78.0 Å². The minimum atomic E-state index is -0.499. The third-order valence-corrected chi connectivity index (χ3v) is 5.21. The van der Waals surface area contributed by atoms with Crippen molar-refractivity contribution in [3.63, 3.8) is 0 Å². The molecule has 0 aromatic carbocycles. The highest BCUT2D eigenvalue weighted by Crippen LogP contribution is 2.48. The van der Waals surface area contributed by atoms with Crippen molar-refractivity contribution in [1.29, 1.82) is 0 Å². The van der Waals surface area contributed by atoms with Gasteiger partial charge in [-0.3, -0.25) is 9.78 Å². The molecule has 1 amide bonds. The van der Waals surface area contributed by atoms with E-state index in [1.165, 1.54) is 0 Å². The highest BCUT2D eigenvalue weighted by Gasteiger charge is 2.40. The van der Waals surface area contributed by atoms with Crippen LogP contribution >= 0.6 is 0 Å². The van der Waals surface area contributed by atoms with Crippen LogP contribution in [0, 0.1) is 11.8 Å². The van der Waals surface area contributed by atoms with E-state index >= 15 is 0 Å². The summed E-state index contributed by atoms with van der Waals surface area (Å²) < 4.78 is 16.7. The third-order valence-electron chi connectivity index (χ3n) is 5.21. The van der Waals surface area contributed by atoms with Crippen molar-refractivity contribution in [2.24, 2.45) is 11.8 Å². The summed E-state index contributed by atoms with van der Waals surface area (Å²) in [6, 6.07) is 2.02. The van der Waals surface area contributed by atoms with Crippen molar-refractivity contribution in [1.82, 2.24) is 9.88 Å². The van der Waals surface area contributed by atoms with Crippen LogP contribution in [-0.4, -0.2) is 53.3 Å². The van der Waals surface area contributed by atoms with E-state index in [9.17, 15) is 9.59 Å². The molecule has 2 heterocycles. The first kappa shape index (κ1) is 21.4. The van der Waals surface area contributed by atoms with Crippen molar-refractivity contribution in [3.8, 4) is 5.75 Å². The number of ether oxygens (including phenoxy) is 3. The molecule has 3 atom stereocenters. The Balaban J connectivity index is 1.46. The molecule has 2 aliphatic rings. The number of rotatable bonds is 7. The average molecular weight is 405 g/mol. The van der Waals surface area contributed by atoms with Crippen LogP contribution in [0.3, 0.4) is 0 Å². The van der Waals surface area contributed by atoms with Crippen LogP contribution in [0.1, 0.15) is 58.9 Å². The molecule has 7 nitrogen and oxygen atoms in total. The number of hydrogen-bond donors (Lipinski definition) is 0. The predicted octanol–water partition coefficient (Wildman–Crippen LogP) is 3.77. The van der Waals surface area contributed by atoms with E-state index in [0.29, 0.717) is 37.3 Å². The highest BCUT2D eigenvalue weighted by molar-refractivity contribution is 5.71. The Morgan fingerprint density at radius 3 is 2.62 bits per heavy atom. The van der Waals surface area contributed by atoms with Gasteiger partial charge < -0.3 is 19.1 Å². The zero-order chi connectivity index (χ0) is 21.2. The summed E-state index contributed by atoms with van der Waals surface area (Å²) in [6.07, 6.45) is 5.14. The highest BCUT2D eigenvalue weighted by atomic mass is 16.6. The molecule has 1 aliphatic heterocycles. The van der Waals surface area contributed by atoms with Crippen LogP contribution in [0.5, 0.6) is 5.75 Å². The van der Waals surface area contributed by atoms with Crippen LogP contribution < -0.4 is 4.74 Å². The van der Waals surface area contributed by atoms with Gasteiger partial charge in [-0.2, -0.15) is 0 Å². The molecule has 3 unspecified atom stereocenters. The van der Waals surface area contributed by atoms with Crippen LogP contribution in [0.25, 0.3) is 0 Å². The molecule has 1 aromatic heterocycles. The van der Waals surface area contributed by atoms with Gasteiger partial charge in [-0.05, 0) is 51.2 Å². The standard InChI is InChI=1S/C22H32N2O5/c1-14(2)20(25)28-12-16-9-19(16)15-8-18(11-23-10-15)27-13-17-6-7-24(17)21(26)29-22(3,4)5/h8,10-11,14,16-17,19H,6-7,9,12-13H2,1-5H3. The maximum absolute atomic E-state index is 12.2. The van der Waals surface area contributed by atoms with Crippen molar-refractivity contribution in [2.75, 3.05) is 19.8 Å². The lowest BCUT2D eigenvalue weighted by Gasteiger charge is -2.40. The Kier molecular flexibility index (Phi) is 6.34. The number of likely N-dealkylation sites (tertiary alicyclic amines) is 1. The fourth-order valence-corrected chi connectivity index (χ4v) is 3.28. The molecule has 29 heavy (non-hydrogen) atoms. The Hall–Kier alpha value is -2.31.